The van der Waals surface area contributed by atoms with Crippen LogP contribution < -0.4 is 10.0 Å². The van der Waals surface area contributed by atoms with Gasteiger partial charge in [0.2, 0.25) is 0 Å². The van der Waals surface area contributed by atoms with Crippen molar-refractivity contribution in [3.05, 3.63) is 58.7 Å². The van der Waals surface area contributed by atoms with Gasteiger partial charge in [0, 0.05) is 5.56 Å². The first-order valence-electron chi connectivity index (χ1n) is 9.13. The molecule has 134 valence electrons. The van der Waals surface area contributed by atoms with Crippen LogP contribution in [0.15, 0.2) is 36.4 Å². The molecule has 0 aromatic heterocycles. The van der Waals surface area contributed by atoms with Gasteiger partial charge in [-0.2, -0.15) is 0 Å². The van der Waals surface area contributed by atoms with Crippen LogP contribution in [-0.2, 0) is 0 Å². The van der Waals surface area contributed by atoms with E-state index in [2.05, 4.69) is 26.0 Å². The van der Waals surface area contributed by atoms with E-state index in [0.717, 1.165) is 40.8 Å². The van der Waals surface area contributed by atoms with Crippen molar-refractivity contribution in [1.29, 1.82) is 0 Å². The molecule has 0 bridgehead atoms. The lowest BCUT2D eigenvalue weighted by atomic mass is 10.0. The van der Waals surface area contributed by atoms with Crippen LogP contribution >= 0.6 is 8.58 Å². The molecule has 3 heteroatoms. The maximum atomic E-state index is 12.7. The molecule has 0 heterocycles. The molecule has 0 saturated carbocycles. The maximum absolute atomic E-state index is 12.7. The van der Waals surface area contributed by atoms with E-state index in [9.17, 15) is 4.79 Å². The Balaban J connectivity index is 1.94. The van der Waals surface area contributed by atoms with Crippen LogP contribution in [0.2, 0.25) is 0 Å². The fourth-order valence-electron chi connectivity index (χ4n) is 3.09. The van der Waals surface area contributed by atoms with Gasteiger partial charge in [0.15, 0.2) is 5.52 Å². The highest BCUT2D eigenvalue weighted by Gasteiger charge is 2.13. The van der Waals surface area contributed by atoms with E-state index >= 15 is 0 Å². The van der Waals surface area contributed by atoms with E-state index in [4.69, 9.17) is 4.74 Å². The molecule has 2 aromatic rings. The highest BCUT2D eigenvalue weighted by molar-refractivity contribution is 7.66. The molecule has 0 amide bonds. The lowest BCUT2D eigenvalue weighted by molar-refractivity contribution is 0.108. The third-order valence-electron chi connectivity index (χ3n) is 4.28. The maximum Gasteiger partial charge on any atom is 0.186 e. The molecule has 0 spiro atoms. The van der Waals surface area contributed by atoms with E-state index in [0.29, 0.717) is 0 Å². The Labute approximate surface area is 153 Å². The van der Waals surface area contributed by atoms with Crippen molar-refractivity contribution in [2.75, 3.05) is 6.61 Å². The third kappa shape index (κ3) is 5.97. The summed E-state index contributed by atoms with van der Waals surface area (Å²) in [5.41, 5.74) is 4.43. The van der Waals surface area contributed by atoms with Gasteiger partial charge in [0.05, 0.1) is 6.61 Å². The average molecular weight is 356 g/mol. The van der Waals surface area contributed by atoms with Crippen molar-refractivity contribution in [1.82, 2.24) is 0 Å². The van der Waals surface area contributed by atoms with Crippen molar-refractivity contribution in [3.8, 4) is 5.75 Å². The third-order valence-corrected chi connectivity index (χ3v) is 5.38. The number of carbonyl (C=O) groups excluding carboxylic acids is 1. The molecule has 1 unspecified atom stereocenters. The Kier molecular flexibility index (Phi) is 7.65. The normalized spacial score (nSPS) is 11.2. The number of ether oxygens (including phenoxy) is 1. The van der Waals surface area contributed by atoms with Gasteiger partial charge >= 0.3 is 0 Å². The number of aryl methyl sites for hydroxylation is 3. The predicted octanol–water partition coefficient (Wildman–Crippen LogP) is 5.72. The summed E-state index contributed by atoms with van der Waals surface area (Å²) in [5, 5.41) is 1.06. The summed E-state index contributed by atoms with van der Waals surface area (Å²) >= 11 is 0. The van der Waals surface area contributed by atoms with E-state index in [1.54, 1.807) is 0 Å². The number of unbranched alkanes of at least 4 members (excludes halogenated alkanes) is 3. The van der Waals surface area contributed by atoms with Crippen LogP contribution in [0.3, 0.4) is 0 Å². The van der Waals surface area contributed by atoms with Gasteiger partial charge in [-0.15, -0.1) is 0 Å². The van der Waals surface area contributed by atoms with E-state index in [1.165, 1.54) is 24.8 Å². The number of hydrogen-bond acceptors (Lipinski definition) is 2. The Morgan fingerprint density at radius 3 is 2.20 bits per heavy atom. The molecule has 25 heavy (non-hydrogen) atoms. The van der Waals surface area contributed by atoms with Crippen molar-refractivity contribution in [2.24, 2.45) is 0 Å². The van der Waals surface area contributed by atoms with Crippen molar-refractivity contribution >= 4 is 19.4 Å². The van der Waals surface area contributed by atoms with Gasteiger partial charge in [-0.1, -0.05) is 56.0 Å². The van der Waals surface area contributed by atoms with Crippen molar-refractivity contribution in [2.45, 2.75) is 53.4 Å². The van der Waals surface area contributed by atoms with Gasteiger partial charge in [0.25, 0.3) is 0 Å². The molecule has 2 nitrogen and oxygen atoms in total. The number of hydrogen-bond donors (Lipinski definition) is 0. The van der Waals surface area contributed by atoms with Crippen molar-refractivity contribution < 1.29 is 9.53 Å². The molecule has 0 aliphatic heterocycles. The number of carbonyl (C=O) groups is 1. The lowest BCUT2D eigenvalue weighted by Gasteiger charge is -2.11. The molecule has 0 fully saturated rings. The second-order valence-electron chi connectivity index (χ2n) is 6.66. The molecule has 0 N–H and O–H groups in total. The molecule has 0 aliphatic rings. The Hall–Kier alpha value is -1.66. The van der Waals surface area contributed by atoms with Crippen LogP contribution in [0.5, 0.6) is 5.75 Å². The highest BCUT2D eigenvalue weighted by atomic mass is 31.1. The first kappa shape index (κ1) is 19.7. The monoisotopic (exact) mass is 356 g/mol. The summed E-state index contributed by atoms with van der Waals surface area (Å²) in [7, 11) is 0.149. The summed E-state index contributed by atoms with van der Waals surface area (Å²) in [6.45, 7) is 9.08. The van der Waals surface area contributed by atoms with Crippen LogP contribution in [0.1, 0.15) is 59.7 Å². The van der Waals surface area contributed by atoms with E-state index in [-0.39, 0.29) is 14.1 Å². The molecule has 0 radical (unpaired) electrons. The quantitative estimate of drug-likeness (QED) is 0.424. The largest absolute Gasteiger partial charge is 0.494 e. The van der Waals surface area contributed by atoms with Crippen LogP contribution in [-0.4, -0.2) is 12.1 Å². The summed E-state index contributed by atoms with van der Waals surface area (Å²) in [5.74, 6) is 0.889. The molecule has 1 atom stereocenters. The lowest BCUT2D eigenvalue weighted by Crippen LogP contribution is -2.05. The summed E-state index contributed by atoms with van der Waals surface area (Å²) in [6, 6.07) is 12.1. The number of benzene rings is 2. The molecule has 2 aromatic carbocycles. The summed E-state index contributed by atoms with van der Waals surface area (Å²) < 4.78 is 5.77. The predicted molar refractivity (Wildman–Crippen MR) is 109 cm³/mol. The second-order valence-corrected chi connectivity index (χ2v) is 7.94. The molecule has 2 rings (SSSR count). The van der Waals surface area contributed by atoms with Gasteiger partial charge in [-0.05, 0) is 64.3 Å². The standard InChI is InChI=1S/C22H29O2P/c1-5-6-7-8-13-24-19-9-11-20(12-10-19)25-22(23)21-17(3)14-16(2)15-18(21)4/h9-12,14-15,25H,5-8,13H2,1-4H3. The fraction of sp³-hybridized carbons (Fsp3) is 0.409. The van der Waals surface area contributed by atoms with Gasteiger partial charge in [0.1, 0.15) is 5.75 Å². The van der Waals surface area contributed by atoms with Gasteiger partial charge in [-0.3, -0.25) is 4.79 Å². The average Bonchev–Trinajstić information content (AvgIpc) is 2.55. The van der Waals surface area contributed by atoms with Crippen LogP contribution in [0.25, 0.3) is 0 Å². The van der Waals surface area contributed by atoms with Crippen LogP contribution in [0, 0.1) is 20.8 Å². The highest BCUT2D eigenvalue weighted by Crippen LogP contribution is 2.26. The van der Waals surface area contributed by atoms with E-state index < -0.39 is 0 Å². The molecule has 0 aliphatic carbocycles. The molecule has 0 saturated heterocycles. The topological polar surface area (TPSA) is 26.3 Å². The minimum absolute atomic E-state index is 0.149. The van der Waals surface area contributed by atoms with Gasteiger partial charge < -0.3 is 4.74 Å². The molecular formula is C22H29O2P. The Morgan fingerprint density at radius 1 is 0.960 bits per heavy atom. The summed E-state index contributed by atoms with van der Waals surface area (Å²) in [4.78, 5) is 12.7. The first-order valence-corrected chi connectivity index (χ1v) is 10.1. The zero-order chi connectivity index (χ0) is 18.2. The number of rotatable bonds is 9. The first-order chi connectivity index (χ1) is 12.0. The SMILES string of the molecule is CCCCCCOc1ccc(PC(=O)c2c(C)cc(C)cc2C)cc1. The molecular weight excluding hydrogens is 327 g/mol. The fourth-order valence-corrected chi connectivity index (χ4v) is 4.20. The Bertz CT molecular complexity index is 681. The zero-order valence-corrected chi connectivity index (χ0v) is 16.8. The van der Waals surface area contributed by atoms with Crippen molar-refractivity contribution in [3.63, 3.8) is 0 Å². The second kappa shape index (κ2) is 9.73. The summed E-state index contributed by atoms with van der Waals surface area (Å²) in [6.07, 6.45) is 4.83. The van der Waals surface area contributed by atoms with Gasteiger partial charge in [-0.25, -0.2) is 0 Å². The van der Waals surface area contributed by atoms with E-state index in [1.807, 2.05) is 38.1 Å². The minimum atomic E-state index is 0.149. The van der Waals surface area contributed by atoms with Crippen LogP contribution in [0.4, 0.5) is 0 Å². The smallest absolute Gasteiger partial charge is 0.186 e. The zero-order valence-electron chi connectivity index (χ0n) is 15.8. The Morgan fingerprint density at radius 2 is 1.60 bits per heavy atom. The minimum Gasteiger partial charge on any atom is -0.494 e.